The minimum Gasteiger partial charge on any atom is -0.481 e. The Morgan fingerprint density at radius 1 is 1.23 bits per heavy atom. The van der Waals surface area contributed by atoms with Crippen LogP contribution < -0.4 is 0 Å². The molecule has 1 aromatic carbocycles. The van der Waals surface area contributed by atoms with Gasteiger partial charge in [0.05, 0.1) is 5.41 Å². The fourth-order valence-corrected chi connectivity index (χ4v) is 3.07. The van der Waals surface area contributed by atoms with Crippen molar-refractivity contribution in [3.05, 3.63) is 72.4 Å². The van der Waals surface area contributed by atoms with E-state index in [9.17, 15) is 14.7 Å². The first-order valence-corrected chi connectivity index (χ1v) is 8.65. The second kappa shape index (κ2) is 9.04. The van der Waals surface area contributed by atoms with Crippen LogP contribution in [0.15, 0.2) is 66.8 Å². The summed E-state index contributed by atoms with van der Waals surface area (Å²) < 4.78 is 5.32. The van der Waals surface area contributed by atoms with Gasteiger partial charge in [0.1, 0.15) is 6.61 Å². The van der Waals surface area contributed by atoms with E-state index in [4.69, 9.17) is 4.74 Å². The Labute approximate surface area is 154 Å². The lowest BCUT2D eigenvalue weighted by atomic mass is 9.73. The van der Waals surface area contributed by atoms with Crippen molar-refractivity contribution in [1.29, 1.82) is 0 Å². The zero-order valence-electron chi connectivity index (χ0n) is 15.1. The lowest BCUT2D eigenvalue weighted by molar-refractivity contribution is -0.145. The molecule has 1 saturated heterocycles. The molecule has 5 nitrogen and oxygen atoms in total. The third kappa shape index (κ3) is 4.63. The molecule has 26 heavy (non-hydrogen) atoms. The molecule has 1 aliphatic rings. The Hall–Kier alpha value is -2.82. The number of hydrogen-bond donors (Lipinski definition) is 1. The number of rotatable bonds is 6. The van der Waals surface area contributed by atoms with Crippen molar-refractivity contribution in [2.75, 3.05) is 19.7 Å². The highest BCUT2D eigenvalue weighted by Crippen LogP contribution is 2.36. The maximum atomic E-state index is 12.2. The molecule has 0 spiro atoms. The average Bonchev–Trinajstić information content (AvgIpc) is 2.67. The second-order valence-corrected chi connectivity index (χ2v) is 6.43. The number of amides is 1. The summed E-state index contributed by atoms with van der Waals surface area (Å²) in [5, 5.41) is 9.79. The molecule has 1 aliphatic heterocycles. The van der Waals surface area contributed by atoms with Gasteiger partial charge >= 0.3 is 12.1 Å². The number of benzene rings is 1. The van der Waals surface area contributed by atoms with Crippen LogP contribution in [0, 0.1) is 0 Å². The molecule has 0 bridgehead atoms. The van der Waals surface area contributed by atoms with Crippen LogP contribution in [0.3, 0.4) is 0 Å². The van der Waals surface area contributed by atoms with E-state index in [-0.39, 0.29) is 6.61 Å². The van der Waals surface area contributed by atoms with Crippen molar-refractivity contribution < 1.29 is 19.4 Å². The number of aliphatic carboxylic acids is 1. The number of allylic oxidation sites excluding steroid dienone is 4. The predicted molar refractivity (Wildman–Crippen MR) is 101 cm³/mol. The van der Waals surface area contributed by atoms with Gasteiger partial charge in [0.2, 0.25) is 0 Å². The lowest BCUT2D eigenvalue weighted by Crippen LogP contribution is -2.49. The summed E-state index contributed by atoms with van der Waals surface area (Å²) in [5.41, 5.74) is 0.759. The molecule has 1 amide bonds. The summed E-state index contributed by atoms with van der Waals surface area (Å²) >= 11 is 0. The average molecular weight is 355 g/mol. The SMILES string of the molecule is C=C/C=C\C=C(/C)COC(=O)N1CCC(C(=O)O)(c2ccccc2)CC1. The number of nitrogens with zero attached hydrogens (tertiary/aromatic N) is 1. The summed E-state index contributed by atoms with van der Waals surface area (Å²) in [4.78, 5) is 25.8. The van der Waals surface area contributed by atoms with Crippen LogP contribution >= 0.6 is 0 Å². The van der Waals surface area contributed by atoms with Crippen LogP contribution in [0.1, 0.15) is 25.3 Å². The highest BCUT2D eigenvalue weighted by Gasteiger charge is 2.44. The summed E-state index contributed by atoms with van der Waals surface area (Å²) in [6.45, 7) is 6.39. The molecule has 0 aromatic heterocycles. The number of carbonyl (C=O) groups excluding carboxylic acids is 1. The second-order valence-electron chi connectivity index (χ2n) is 6.43. The number of hydrogen-bond acceptors (Lipinski definition) is 3. The van der Waals surface area contributed by atoms with Crippen LogP contribution in [-0.2, 0) is 14.9 Å². The standard InChI is InChI=1S/C21H25NO4/c1-3-4-6-9-17(2)16-26-20(25)22-14-12-21(13-15-22,19(23)24)18-10-7-5-8-11-18/h3-11H,1,12-16H2,2H3,(H,23,24)/b6-4-,17-9+. The van der Waals surface area contributed by atoms with E-state index in [1.54, 1.807) is 17.1 Å². The van der Waals surface area contributed by atoms with E-state index in [0.29, 0.717) is 25.9 Å². The number of carboxylic acids is 1. The number of carboxylic acid groups (broad SMARTS) is 1. The molecule has 1 aromatic rings. The van der Waals surface area contributed by atoms with Crippen LogP contribution in [0.2, 0.25) is 0 Å². The molecule has 1 N–H and O–H groups in total. The molecule has 1 heterocycles. The molecule has 0 aliphatic carbocycles. The van der Waals surface area contributed by atoms with Crippen molar-refractivity contribution >= 4 is 12.1 Å². The molecule has 0 unspecified atom stereocenters. The van der Waals surface area contributed by atoms with Crippen molar-refractivity contribution in [2.45, 2.75) is 25.2 Å². The van der Waals surface area contributed by atoms with Gasteiger partial charge < -0.3 is 14.7 Å². The Morgan fingerprint density at radius 2 is 1.88 bits per heavy atom. The van der Waals surface area contributed by atoms with Gasteiger partial charge in [-0.2, -0.15) is 0 Å². The molecule has 0 atom stereocenters. The molecule has 1 fully saturated rings. The van der Waals surface area contributed by atoms with Gasteiger partial charge in [-0.3, -0.25) is 4.79 Å². The van der Waals surface area contributed by atoms with E-state index in [0.717, 1.165) is 11.1 Å². The predicted octanol–water partition coefficient (Wildman–Crippen LogP) is 3.93. The normalized spacial score (nSPS) is 17.1. The first-order valence-electron chi connectivity index (χ1n) is 8.65. The number of carbonyl (C=O) groups is 2. The van der Waals surface area contributed by atoms with Crippen LogP contribution in [0.25, 0.3) is 0 Å². The molecule has 0 saturated carbocycles. The summed E-state index contributed by atoms with van der Waals surface area (Å²) in [7, 11) is 0. The Kier molecular flexibility index (Phi) is 6.78. The van der Waals surface area contributed by atoms with Gasteiger partial charge in [0, 0.05) is 13.1 Å². The summed E-state index contributed by atoms with van der Waals surface area (Å²) in [5.74, 6) is -0.843. The quantitative estimate of drug-likeness (QED) is 0.785. The minimum atomic E-state index is -0.941. The zero-order chi connectivity index (χ0) is 19.0. The molecule has 138 valence electrons. The smallest absolute Gasteiger partial charge is 0.410 e. The fourth-order valence-electron chi connectivity index (χ4n) is 3.07. The monoisotopic (exact) mass is 355 g/mol. The molecular formula is C21H25NO4. The van der Waals surface area contributed by atoms with E-state index >= 15 is 0 Å². The Balaban J connectivity index is 1.95. The minimum absolute atomic E-state index is 0.208. The number of likely N-dealkylation sites (tertiary alicyclic amines) is 1. The number of piperidine rings is 1. The van der Waals surface area contributed by atoms with Crippen molar-refractivity contribution in [3.8, 4) is 0 Å². The highest BCUT2D eigenvalue weighted by molar-refractivity contribution is 5.82. The highest BCUT2D eigenvalue weighted by atomic mass is 16.6. The van der Waals surface area contributed by atoms with Gasteiger partial charge in [0.25, 0.3) is 0 Å². The van der Waals surface area contributed by atoms with Gasteiger partial charge in [-0.1, -0.05) is 61.2 Å². The molecule has 5 heteroatoms. The van der Waals surface area contributed by atoms with Gasteiger partial charge in [-0.05, 0) is 30.9 Å². The third-order valence-electron chi connectivity index (χ3n) is 4.66. The topological polar surface area (TPSA) is 66.8 Å². The van der Waals surface area contributed by atoms with Gasteiger partial charge in [0.15, 0.2) is 0 Å². The summed E-state index contributed by atoms with van der Waals surface area (Å²) in [6, 6.07) is 9.23. The largest absolute Gasteiger partial charge is 0.481 e. The van der Waals surface area contributed by atoms with Crippen molar-refractivity contribution in [2.24, 2.45) is 0 Å². The first kappa shape index (κ1) is 19.5. The fraction of sp³-hybridized carbons (Fsp3) is 0.333. The van der Waals surface area contributed by atoms with Crippen LogP contribution in [0.5, 0.6) is 0 Å². The molecular weight excluding hydrogens is 330 g/mol. The lowest BCUT2D eigenvalue weighted by Gasteiger charge is -2.38. The van der Waals surface area contributed by atoms with E-state index < -0.39 is 17.5 Å². The maximum Gasteiger partial charge on any atom is 0.410 e. The molecule has 0 radical (unpaired) electrons. The molecule has 2 rings (SSSR count). The van der Waals surface area contributed by atoms with Gasteiger partial charge in [-0.15, -0.1) is 0 Å². The Bertz CT molecular complexity index is 698. The van der Waals surface area contributed by atoms with Crippen LogP contribution in [0.4, 0.5) is 4.79 Å². The van der Waals surface area contributed by atoms with Crippen molar-refractivity contribution in [3.63, 3.8) is 0 Å². The van der Waals surface area contributed by atoms with E-state index in [2.05, 4.69) is 6.58 Å². The Morgan fingerprint density at radius 3 is 2.46 bits per heavy atom. The first-order chi connectivity index (χ1) is 12.5. The number of ether oxygens (including phenoxy) is 1. The van der Waals surface area contributed by atoms with E-state index in [1.807, 2.05) is 49.4 Å². The zero-order valence-corrected chi connectivity index (χ0v) is 15.1. The van der Waals surface area contributed by atoms with E-state index in [1.165, 1.54) is 0 Å². The third-order valence-corrected chi connectivity index (χ3v) is 4.66. The summed E-state index contributed by atoms with van der Waals surface area (Å²) in [6.07, 6.45) is 7.50. The van der Waals surface area contributed by atoms with Crippen molar-refractivity contribution in [1.82, 2.24) is 4.90 Å². The maximum absolute atomic E-state index is 12.2. The van der Waals surface area contributed by atoms with Crippen LogP contribution in [-0.4, -0.2) is 41.8 Å². The van der Waals surface area contributed by atoms with Gasteiger partial charge in [-0.25, -0.2) is 4.79 Å².